The van der Waals surface area contributed by atoms with Gasteiger partial charge in [0.1, 0.15) is 5.82 Å². The van der Waals surface area contributed by atoms with Gasteiger partial charge in [0.15, 0.2) is 5.65 Å². The molecule has 0 fully saturated rings. The molecular weight excluding hydrogens is 347 g/mol. The van der Waals surface area contributed by atoms with E-state index in [1.54, 1.807) is 36.4 Å². The van der Waals surface area contributed by atoms with Crippen molar-refractivity contribution < 1.29 is 4.39 Å². The van der Waals surface area contributed by atoms with Crippen LogP contribution in [-0.4, -0.2) is 18.7 Å². The van der Waals surface area contributed by atoms with Crippen molar-refractivity contribution in [2.24, 2.45) is 0 Å². The number of hydrogen-bond donors (Lipinski definition) is 1. The van der Waals surface area contributed by atoms with Crippen LogP contribution in [0.3, 0.4) is 0 Å². The average molecular weight is 359 g/mol. The predicted octanol–water partition coefficient (Wildman–Crippen LogP) is 2.42. The molecule has 2 heterocycles. The molecule has 0 radical (unpaired) electrons. The highest BCUT2D eigenvalue weighted by Crippen LogP contribution is 2.14. The lowest BCUT2D eigenvalue weighted by Crippen LogP contribution is -2.30. The molecule has 25 heavy (non-hydrogen) atoms. The van der Waals surface area contributed by atoms with Crippen LogP contribution < -0.4 is 11.4 Å². The predicted molar refractivity (Wildman–Crippen MR) is 92.1 cm³/mol. The lowest BCUT2D eigenvalue weighted by atomic mass is 10.2. The quantitative estimate of drug-likeness (QED) is 0.611. The van der Waals surface area contributed by atoms with Gasteiger partial charge in [0.2, 0.25) is 0 Å². The third kappa shape index (κ3) is 2.68. The molecule has 0 bridgehead atoms. The zero-order chi connectivity index (χ0) is 17.6. The topological polar surface area (TPSA) is 64.2 Å². The number of hydrogen-bond acceptors (Lipinski definition) is 2. The maximum Gasteiger partial charge on any atom is 0.353 e. The number of imidazole rings is 1. The van der Waals surface area contributed by atoms with Crippen LogP contribution in [-0.2, 0) is 6.54 Å². The Morgan fingerprint density at radius 2 is 1.88 bits per heavy atom. The van der Waals surface area contributed by atoms with Crippen LogP contribution >= 0.6 is 11.6 Å². The molecule has 0 aliphatic rings. The van der Waals surface area contributed by atoms with Crippen LogP contribution in [0.2, 0.25) is 5.02 Å². The van der Waals surface area contributed by atoms with Gasteiger partial charge in [0.25, 0.3) is 0 Å². The summed E-state index contributed by atoms with van der Waals surface area (Å²) in [6.07, 6.45) is 1.53. The Kier molecular flexibility index (Phi) is 3.58. The average Bonchev–Trinajstić information content (AvgIpc) is 3.04. The minimum Gasteiger partial charge on any atom is -0.289 e. The first kappa shape index (κ1) is 15.5. The second-order valence-corrected chi connectivity index (χ2v) is 6.01. The molecule has 0 saturated carbocycles. The lowest BCUT2D eigenvalue weighted by molar-refractivity contribution is 0.584. The van der Waals surface area contributed by atoms with Crippen molar-refractivity contribution >= 4 is 17.2 Å². The van der Waals surface area contributed by atoms with E-state index in [1.807, 2.05) is 0 Å². The van der Waals surface area contributed by atoms with Crippen LogP contribution in [0.4, 0.5) is 4.39 Å². The Morgan fingerprint density at radius 3 is 2.64 bits per heavy atom. The summed E-state index contributed by atoms with van der Waals surface area (Å²) in [6, 6.07) is 12.7. The van der Waals surface area contributed by atoms with E-state index in [0.717, 1.165) is 0 Å². The Morgan fingerprint density at radius 1 is 1.08 bits per heavy atom. The first-order valence-electron chi connectivity index (χ1n) is 7.46. The summed E-state index contributed by atoms with van der Waals surface area (Å²) >= 11 is 5.98. The molecule has 0 saturated heterocycles. The van der Waals surface area contributed by atoms with Gasteiger partial charge in [-0.2, -0.15) is 4.52 Å². The smallest absolute Gasteiger partial charge is 0.289 e. The third-order valence-electron chi connectivity index (χ3n) is 3.89. The van der Waals surface area contributed by atoms with Crippen molar-refractivity contribution in [3.05, 3.63) is 92.1 Å². The first-order chi connectivity index (χ1) is 12.0. The van der Waals surface area contributed by atoms with Crippen LogP contribution in [0.25, 0.3) is 11.3 Å². The van der Waals surface area contributed by atoms with Crippen molar-refractivity contribution in [1.29, 1.82) is 0 Å². The molecule has 6 nitrogen and oxygen atoms in total. The summed E-state index contributed by atoms with van der Waals surface area (Å²) < 4.78 is 17.2. The van der Waals surface area contributed by atoms with Gasteiger partial charge in [-0.25, -0.2) is 18.7 Å². The fourth-order valence-corrected chi connectivity index (χ4v) is 2.97. The minimum atomic E-state index is -0.449. The second-order valence-electron chi connectivity index (χ2n) is 5.58. The number of aromatic amines is 1. The summed E-state index contributed by atoms with van der Waals surface area (Å²) in [5.74, 6) is -0.402. The van der Waals surface area contributed by atoms with Gasteiger partial charge >= 0.3 is 11.4 Å². The fourth-order valence-electron chi connectivity index (χ4n) is 2.78. The zero-order valence-corrected chi connectivity index (χ0v) is 13.6. The zero-order valence-electron chi connectivity index (χ0n) is 12.8. The van der Waals surface area contributed by atoms with Crippen LogP contribution in [0.5, 0.6) is 0 Å². The first-order valence-corrected chi connectivity index (χ1v) is 7.84. The molecule has 0 aliphatic carbocycles. The van der Waals surface area contributed by atoms with Gasteiger partial charge in [-0.15, -0.1) is 0 Å². The monoisotopic (exact) mass is 358 g/mol. The van der Waals surface area contributed by atoms with Crippen LogP contribution in [0, 0.1) is 5.82 Å². The number of benzene rings is 2. The van der Waals surface area contributed by atoms with Crippen molar-refractivity contribution in [3.63, 3.8) is 0 Å². The van der Waals surface area contributed by atoms with E-state index in [9.17, 15) is 14.0 Å². The van der Waals surface area contributed by atoms with Gasteiger partial charge in [0, 0.05) is 5.02 Å². The maximum atomic E-state index is 13.4. The van der Waals surface area contributed by atoms with E-state index in [2.05, 4.69) is 4.98 Å². The molecule has 2 aromatic carbocycles. The molecule has 0 aliphatic heterocycles. The normalized spacial score (nSPS) is 11.3. The molecule has 4 rings (SSSR count). The van der Waals surface area contributed by atoms with Crippen molar-refractivity contribution in [2.45, 2.75) is 6.54 Å². The fraction of sp³-hybridized carbons (Fsp3) is 0.0588. The van der Waals surface area contributed by atoms with Gasteiger partial charge in [-0.1, -0.05) is 29.8 Å². The molecule has 0 atom stereocenters. The third-order valence-corrected chi connectivity index (χ3v) is 4.12. The lowest BCUT2D eigenvalue weighted by Gasteiger charge is -2.04. The van der Waals surface area contributed by atoms with Crippen LogP contribution in [0.1, 0.15) is 5.56 Å². The molecule has 2 aromatic heterocycles. The van der Waals surface area contributed by atoms with E-state index in [1.165, 1.54) is 32.1 Å². The van der Waals surface area contributed by atoms with Gasteiger partial charge in [-0.05, 0) is 35.9 Å². The number of nitrogens with one attached hydrogen (secondary N) is 1. The molecule has 0 unspecified atom stereocenters. The summed E-state index contributed by atoms with van der Waals surface area (Å²) in [5, 5.41) is 0.497. The Bertz CT molecular complexity index is 1200. The number of aromatic nitrogens is 4. The highest BCUT2D eigenvalue weighted by molar-refractivity contribution is 6.30. The van der Waals surface area contributed by atoms with E-state index in [4.69, 9.17) is 11.6 Å². The summed E-state index contributed by atoms with van der Waals surface area (Å²) in [5.41, 5.74) is 0.623. The molecule has 8 heteroatoms. The summed E-state index contributed by atoms with van der Waals surface area (Å²) in [7, 11) is 0. The van der Waals surface area contributed by atoms with E-state index >= 15 is 0 Å². The van der Waals surface area contributed by atoms with Crippen molar-refractivity contribution in [2.75, 3.05) is 0 Å². The molecule has 126 valence electrons. The largest absolute Gasteiger partial charge is 0.353 e. The standard InChI is InChI=1S/C17H12ClFN4O2/c18-12-4-2-6-14(8-12)21-10-15-20-16(24)22(23(15)17(21)25)9-11-3-1-5-13(19)7-11/h1-8,10H,9H2,(H,20,24). The van der Waals surface area contributed by atoms with Crippen molar-refractivity contribution in [3.8, 4) is 5.69 Å². The van der Waals surface area contributed by atoms with E-state index in [-0.39, 0.29) is 6.54 Å². The molecule has 0 amide bonds. The number of fused-ring (bicyclic) bond motifs is 1. The van der Waals surface area contributed by atoms with Gasteiger partial charge < -0.3 is 0 Å². The van der Waals surface area contributed by atoms with E-state index in [0.29, 0.717) is 21.9 Å². The molecular formula is C17H12ClFN4O2. The van der Waals surface area contributed by atoms with E-state index < -0.39 is 17.2 Å². The Labute approximate surface area is 145 Å². The summed E-state index contributed by atoms with van der Waals surface area (Å²) in [4.78, 5) is 27.6. The number of nitrogens with zero attached hydrogens (tertiary/aromatic N) is 3. The Balaban J connectivity index is 1.87. The number of rotatable bonds is 3. The molecule has 1 N–H and O–H groups in total. The Hall–Kier alpha value is -3.06. The van der Waals surface area contributed by atoms with Gasteiger partial charge in [0.05, 0.1) is 18.4 Å². The number of halogens is 2. The highest BCUT2D eigenvalue weighted by Gasteiger charge is 2.14. The van der Waals surface area contributed by atoms with Crippen molar-refractivity contribution in [1.82, 2.24) is 18.7 Å². The minimum absolute atomic E-state index is 0.0655. The van der Waals surface area contributed by atoms with Gasteiger partial charge in [-0.3, -0.25) is 9.55 Å². The van der Waals surface area contributed by atoms with Crippen LogP contribution in [0.15, 0.2) is 64.3 Å². The second kappa shape index (κ2) is 5.78. The maximum absolute atomic E-state index is 13.4. The number of H-pyrrole nitrogens is 1. The summed E-state index contributed by atoms with van der Waals surface area (Å²) in [6.45, 7) is 0.0655. The highest BCUT2D eigenvalue weighted by atomic mass is 35.5. The SMILES string of the molecule is O=c1[nH]c2cn(-c3cccc(Cl)c3)c(=O)n2n1Cc1cccc(F)c1. The molecule has 4 aromatic rings. The molecule has 0 spiro atoms.